The molecule has 4 nitrogen and oxygen atoms in total. The van der Waals surface area contributed by atoms with Crippen LogP contribution in [0.4, 0.5) is 0 Å². The normalized spacial score (nSPS) is 13.8. The molecule has 1 unspecified atom stereocenters. The summed E-state index contributed by atoms with van der Waals surface area (Å²) in [5.74, 6) is 0.934. The predicted molar refractivity (Wildman–Crippen MR) is 69.5 cm³/mol. The van der Waals surface area contributed by atoms with Crippen LogP contribution < -0.4 is 5.73 Å². The Labute approximate surface area is 107 Å². The zero-order valence-electron chi connectivity index (χ0n) is 10.4. The van der Waals surface area contributed by atoms with E-state index in [2.05, 4.69) is 11.1 Å². The average Bonchev–Trinajstić information content (AvgIpc) is 2.83. The van der Waals surface area contributed by atoms with Gasteiger partial charge in [-0.25, -0.2) is 4.98 Å². The molecule has 92 valence electrons. The highest BCUT2D eigenvalue weighted by atomic mass is 15.1. The molecule has 0 spiro atoms. The first-order chi connectivity index (χ1) is 8.65. The largest absolute Gasteiger partial charge is 0.335 e. The number of nitrogens with zero attached hydrogens (tertiary/aromatic N) is 3. The fourth-order valence-electron chi connectivity index (χ4n) is 1.94. The van der Waals surface area contributed by atoms with Gasteiger partial charge in [0.05, 0.1) is 6.07 Å². The molecule has 0 bridgehead atoms. The average molecular weight is 240 g/mol. The molecular weight excluding hydrogens is 224 g/mol. The quantitative estimate of drug-likeness (QED) is 0.888. The number of hydrogen-bond acceptors (Lipinski definition) is 3. The lowest BCUT2D eigenvalue weighted by Gasteiger charge is -2.22. The first-order valence-electron chi connectivity index (χ1n) is 5.89. The van der Waals surface area contributed by atoms with E-state index in [1.54, 1.807) is 6.20 Å². The summed E-state index contributed by atoms with van der Waals surface area (Å²) in [7, 11) is 0. The third kappa shape index (κ3) is 2.41. The van der Waals surface area contributed by atoms with Gasteiger partial charge in [-0.05, 0) is 12.5 Å². The molecule has 2 rings (SSSR count). The molecular formula is C14H16N4. The number of benzene rings is 1. The molecule has 4 heteroatoms. The minimum Gasteiger partial charge on any atom is -0.335 e. The number of rotatable bonds is 4. The van der Waals surface area contributed by atoms with Crippen molar-refractivity contribution in [2.45, 2.75) is 25.4 Å². The van der Waals surface area contributed by atoms with Crippen LogP contribution in [0.2, 0.25) is 0 Å². The van der Waals surface area contributed by atoms with Crippen molar-refractivity contribution in [2.75, 3.05) is 0 Å². The highest BCUT2D eigenvalue weighted by Gasteiger charge is 2.26. The van der Waals surface area contributed by atoms with Gasteiger partial charge >= 0.3 is 0 Å². The van der Waals surface area contributed by atoms with Gasteiger partial charge in [-0.1, -0.05) is 30.3 Å². The summed E-state index contributed by atoms with van der Waals surface area (Å²) in [4.78, 5) is 4.16. The van der Waals surface area contributed by atoms with Crippen LogP contribution in [-0.4, -0.2) is 9.55 Å². The van der Waals surface area contributed by atoms with Crippen LogP contribution >= 0.6 is 0 Å². The van der Waals surface area contributed by atoms with Crippen LogP contribution in [0.25, 0.3) is 0 Å². The Kier molecular flexibility index (Phi) is 3.45. The topological polar surface area (TPSA) is 67.6 Å². The molecule has 0 radical (unpaired) electrons. The predicted octanol–water partition coefficient (Wildman–Crippen LogP) is 1.96. The van der Waals surface area contributed by atoms with Crippen molar-refractivity contribution in [1.29, 1.82) is 5.26 Å². The molecule has 1 aromatic heterocycles. The van der Waals surface area contributed by atoms with Gasteiger partial charge in [0.2, 0.25) is 0 Å². The van der Waals surface area contributed by atoms with E-state index in [0.29, 0.717) is 13.0 Å². The van der Waals surface area contributed by atoms with E-state index >= 15 is 0 Å². The minimum atomic E-state index is -0.946. The van der Waals surface area contributed by atoms with Gasteiger partial charge in [0.15, 0.2) is 0 Å². The summed E-state index contributed by atoms with van der Waals surface area (Å²) in [5, 5.41) is 9.34. The van der Waals surface area contributed by atoms with Crippen molar-refractivity contribution < 1.29 is 0 Å². The molecule has 1 atom stereocenters. The van der Waals surface area contributed by atoms with E-state index in [9.17, 15) is 5.26 Å². The van der Waals surface area contributed by atoms with Gasteiger partial charge in [-0.2, -0.15) is 5.26 Å². The molecule has 0 saturated carbocycles. The van der Waals surface area contributed by atoms with Crippen LogP contribution in [0.5, 0.6) is 0 Å². The smallest absolute Gasteiger partial charge is 0.131 e. The first kappa shape index (κ1) is 12.3. The standard InChI is InChI=1S/C14H16N4/c1-12-17-8-10-18(12)9-7-14(16,11-15)13-5-3-2-4-6-13/h2-6,8,10H,7,9,16H2,1H3. The van der Waals surface area contributed by atoms with E-state index in [-0.39, 0.29) is 0 Å². The summed E-state index contributed by atoms with van der Waals surface area (Å²) >= 11 is 0. The molecule has 0 aliphatic rings. The lowest BCUT2D eigenvalue weighted by atomic mass is 9.89. The molecule has 2 N–H and O–H groups in total. The molecule has 1 aromatic carbocycles. The Morgan fingerprint density at radius 2 is 2.11 bits per heavy atom. The van der Waals surface area contributed by atoms with Crippen LogP contribution in [0.15, 0.2) is 42.7 Å². The van der Waals surface area contributed by atoms with Crippen molar-refractivity contribution in [3.05, 3.63) is 54.1 Å². The van der Waals surface area contributed by atoms with Crippen molar-refractivity contribution in [3.63, 3.8) is 0 Å². The van der Waals surface area contributed by atoms with Gasteiger partial charge in [0, 0.05) is 25.4 Å². The van der Waals surface area contributed by atoms with E-state index in [1.807, 2.05) is 48.0 Å². The number of aryl methyl sites for hydroxylation is 2. The van der Waals surface area contributed by atoms with E-state index in [4.69, 9.17) is 5.73 Å². The first-order valence-corrected chi connectivity index (χ1v) is 5.89. The minimum absolute atomic E-state index is 0.560. The summed E-state index contributed by atoms with van der Waals surface area (Å²) in [6.45, 7) is 2.62. The Hall–Kier alpha value is -2.12. The van der Waals surface area contributed by atoms with Gasteiger partial charge in [0.25, 0.3) is 0 Å². The summed E-state index contributed by atoms with van der Waals surface area (Å²) < 4.78 is 2.00. The SMILES string of the molecule is Cc1nccn1CCC(N)(C#N)c1ccccc1. The second-order valence-electron chi connectivity index (χ2n) is 4.37. The van der Waals surface area contributed by atoms with Crippen LogP contribution in [0, 0.1) is 18.3 Å². The number of imidazole rings is 1. The number of nitrogens with two attached hydrogens (primary N) is 1. The number of nitriles is 1. The highest BCUT2D eigenvalue weighted by Crippen LogP contribution is 2.22. The fourth-order valence-corrected chi connectivity index (χ4v) is 1.94. The van der Waals surface area contributed by atoms with Gasteiger partial charge < -0.3 is 10.3 Å². The molecule has 0 aliphatic carbocycles. The number of aromatic nitrogens is 2. The summed E-state index contributed by atoms with van der Waals surface area (Å²) in [5.41, 5.74) is 6.10. The molecule has 18 heavy (non-hydrogen) atoms. The zero-order valence-corrected chi connectivity index (χ0v) is 10.4. The Morgan fingerprint density at radius 3 is 2.67 bits per heavy atom. The second kappa shape index (κ2) is 5.03. The maximum absolute atomic E-state index is 9.34. The molecule has 1 heterocycles. The zero-order chi connectivity index (χ0) is 13.0. The van der Waals surface area contributed by atoms with E-state index < -0.39 is 5.54 Å². The lowest BCUT2D eigenvalue weighted by Crippen LogP contribution is -2.36. The molecule has 2 aromatic rings. The molecule has 0 saturated heterocycles. The Bertz CT molecular complexity index is 553. The maximum atomic E-state index is 9.34. The van der Waals surface area contributed by atoms with Gasteiger partial charge in [-0.3, -0.25) is 0 Å². The van der Waals surface area contributed by atoms with Crippen LogP contribution in [0.1, 0.15) is 17.8 Å². The number of hydrogen-bond donors (Lipinski definition) is 1. The van der Waals surface area contributed by atoms with Crippen LogP contribution in [0.3, 0.4) is 0 Å². The van der Waals surface area contributed by atoms with Gasteiger partial charge in [-0.15, -0.1) is 0 Å². The third-order valence-corrected chi connectivity index (χ3v) is 3.16. The molecule has 0 aliphatic heterocycles. The fraction of sp³-hybridized carbons (Fsp3) is 0.286. The Morgan fingerprint density at radius 1 is 1.39 bits per heavy atom. The highest BCUT2D eigenvalue weighted by molar-refractivity contribution is 5.30. The second-order valence-corrected chi connectivity index (χ2v) is 4.37. The van der Waals surface area contributed by atoms with Crippen molar-refractivity contribution in [1.82, 2.24) is 9.55 Å². The van der Waals surface area contributed by atoms with Crippen molar-refractivity contribution in [2.24, 2.45) is 5.73 Å². The van der Waals surface area contributed by atoms with Crippen molar-refractivity contribution in [3.8, 4) is 6.07 Å². The maximum Gasteiger partial charge on any atom is 0.131 e. The molecule has 0 amide bonds. The van der Waals surface area contributed by atoms with E-state index in [1.165, 1.54) is 0 Å². The van der Waals surface area contributed by atoms with Crippen molar-refractivity contribution >= 4 is 0 Å². The monoisotopic (exact) mass is 240 g/mol. The summed E-state index contributed by atoms with van der Waals surface area (Å²) in [6.07, 6.45) is 4.21. The lowest BCUT2D eigenvalue weighted by molar-refractivity contribution is 0.468. The Balaban J connectivity index is 2.15. The molecule has 0 fully saturated rings. The van der Waals surface area contributed by atoms with Crippen LogP contribution in [-0.2, 0) is 12.1 Å². The van der Waals surface area contributed by atoms with Gasteiger partial charge in [0.1, 0.15) is 11.4 Å². The van der Waals surface area contributed by atoms with E-state index in [0.717, 1.165) is 11.4 Å². The summed E-state index contributed by atoms with van der Waals surface area (Å²) in [6, 6.07) is 11.7. The third-order valence-electron chi connectivity index (χ3n) is 3.16.